The van der Waals surface area contributed by atoms with Crippen molar-refractivity contribution in [3.63, 3.8) is 0 Å². The number of hydrogen-bond donors (Lipinski definition) is 1. The third-order valence-electron chi connectivity index (χ3n) is 3.39. The molecular weight excluding hydrogens is 378 g/mol. The highest BCUT2D eigenvalue weighted by Gasteiger charge is 2.32. The van der Waals surface area contributed by atoms with E-state index in [0.29, 0.717) is 10.7 Å². The number of alkyl halides is 3. The lowest BCUT2D eigenvalue weighted by Crippen LogP contribution is -2.13. The number of nitrogens with one attached hydrogen (secondary N) is 1. The first kappa shape index (κ1) is 17.5. The van der Waals surface area contributed by atoms with Crippen LogP contribution in [0.1, 0.15) is 11.1 Å². The van der Waals surface area contributed by atoms with E-state index in [1.807, 2.05) is 0 Å². The maximum absolute atomic E-state index is 13.1. The highest BCUT2D eigenvalue weighted by atomic mass is 35.5. The fraction of sp³-hybridized carbons (Fsp3) is 0.133. The van der Waals surface area contributed by atoms with E-state index in [4.69, 9.17) is 23.2 Å². The second-order valence-corrected chi connectivity index (χ2v) is 5.78. The van der Waals surface area contributed by atoms with Crippen molar-refractivity contribution in [3.05, 3.63) is 63.6 Å². The van der Waals surface area contributed by atoms with Crippen molar-refractivity contribution in [1.82, 2.24) is 20.2 Å². The van der Waals surface area contributed by atoms with Gasteiger partial charge in [0.15, 0.2) is 0 Å². The Labute approximate surface area is 150 Å². The van der Waals surface area contributed by atoms with Crippen LogP contribution < -0.4 is 5.32 Å². The highest BCUT2D eigenvalue weighted by molar-refractivity contribution is 6.43. The van der Waals surface area contributed by atoms with E-state index in [1.54, 1.807) is 18.2 Å². The summed E-state index contributed by atoms with van der Waals surface area (Å²) in [5.74, 6) is 0.140. The number of nitrogens with zero attached hydrogens (tertiary/aromatic N) is 4. The van der Waals surface area contributed by atoms with Gasteiger partial charge in [0.1, 0.15) is 0 Å². The molecule has 0 fully saturated rings. The maximum Gasteiger partial charge on any atom is 0.416 e. The zero-order chi connectivity index (χ0) is 18.0. The van der Waals surface area contributed by atoms with Gasteiger partial charge in [-0.15, -0.1) is 0 Å². The van der Waals surface area contributed by atoms with Crippen LogP contribution in [0.25, 0.3) is 5.69 Å². The minimum absolute atomic E-state index is 0.0711. The Bertz CT molecular complexity index is 895. The first-order valence-corrected chi connectivity index (χ1v) is 7.75. The lowest BCUT2D eigenvalue weighted by molar-refractivity contribution is -0.138. The largest absolute Gasteiger partial charge is 0.416 e. The van der Waals surface area contributed by atoms with Crippen LogP contribution in [0, 0.1) is 0 Å². The average Bonchev–Trinajstić information content (AvgIpc) is 3.03. The van der Waals surface area contributed by atoms with Gasteiger partial charge in [-0.3, -0.25) is 0 Å². The van der Waals surface area contributed by atoms with E-state index in [1.165, 1.54) is 22.9 Å². The smallest absolute Gasteiger partial charge is 0.349 e. The van der Waals surface area contributed by atoms with Gasteiger partial charge in [0.25, 0.3) is 0 Å². The molecule has 3 aromatic rings. The topological polar surface area (TPSA) is 55.6 Å². The minimum atomic E-state index is -4.44. The van der Waals surface area contributed by atoms with Gasteiger partial charge in [0.05, 0.1) is 21.3 Å². The van der Waals surface area contributed by atoms with Gasteiger partial charge in [-0.1, -0.05) is 52.6 Å². The number of hydrogen-bond acceptors (Lipinski definition) is 4. The molecule has 0 spiro atoms. The molecule has 0 saturated carbocycles. The van der Waals surface area contributed by atoms with Crippen LogP contribution in [0.2, 0.25) is 10.0 Å². The van der Waals surface area contributed by atoms with Gasteiger partial charge in [-0.25, -0.2) is 0 Å². The molecule has 0 bridgehead atoms. The molecule has 0 unspecified atom stereocenters. The number of anilines is 1. The predicted molar refractivity (Wildman–Crippen MR) is 87.9 cm³/mol. The second kappa shape index (κ2) is 6.89. The molecule has 0 radical (unpaired) electrons. The molecule has 25 heavy (non-hydrogen) atoms. The number of halogens is 5. The van der Waals surface area contributed by atoms with Crippen molar-refractivity contribution in [1.29, 1.82) is 0 Å². The Morgan fingerprint density at radius 2 is 1.80 bits per heavy atom. The Kier molecular flexibility index (Phi) is 4.82. The predicted octanol–water partition coefficient (Wildman–Crippen LogP) is 4.60. The number of benzene rings is 2. The molecule has 0 amide bonds. The molecule has 2 aromatic carbocycles. The lowest BCUT2D eigenvalue weighted by atomic mass is 10.1. The Balaban J connectivity index is 1.88. The van der Waals surface area contributed by atoms with Crippen molar-refractivity contribution in [2.45, 2.75) is 12.7 Å². The van der Waals surface area contributed by atoms with E-state index in [-0.39, 0.29) is 23.1 Å². The summed E-state index contributed by atoms with van der Waals surface area (Å²) in [4.78, 5) is 0. The standard InChI is InChI=1S/C15H10Cl2F3N5/c16-11-6-3-7-12(13(11)17)25-14(22-23-24-25)21-8-9-4-1-2-5-10(9)15(18,19)20/h1-7H,8H2,(H,21,22,24). The molecule has 1 heterocycles. The summed E-state index contributed by atoms with van der Waals surface area (Å²) in [6, 6.07) is 10.2. The third kappa shape index (κ3) is 3.69. The Morgan fingerprint density at radius 3 is 2.56 bits per heavy atom. The molecule has 0 saturated heterocycles. The quantitative estimate of drug-likeness (QED) is 0.710. The van der Waals surface area contributed by atoms with Gasteiger partial charge in [-0.2, -0.15) is 17.9 Å². The van der Waals surface area contributed by atoms with Gasteiger partial charge in [0, 0.05) is 6.54 Å². The van der Waals surface area contributed by atoms with Crippen LogP contribution in [0.5, 0.6) is 0 Å². The van der Waals surface area contributed by atoms with Crippen LogP contribution in [-0.4, -0.2) is 20.2 Å². The summed E-state index contributed by atoms with van der Waals surface area (Å²) < 4.78 is 40.4. The first-order valence-electron chi connectivity index (χ1n) is 6.99. The van der Waals surface area contributed by atoms with Crippen molar-refractivity contribution < 1.29 is 13.2 Å². The summed E-state index contributed by atoms with van der Waals surface area (Å²) in [5.41, 5.74) is -0.241. The molecule has 10 heteroatoms. The van der Waals surface area contributed by atoms with Crippen LogP contribution in [-0.2, 0) is 12.7 Å². The molecular formula is C15H10Cl2F3N5. The molecule has 130 valence electrons. The van der Waals surface area contributed by atoms with Gasteiger partial charge >= 0.3 is 6.18 Å². The molecule has 1 N–H and O–H groups in total. The zero-order valence-corrected chi connectivity index (χ0v) is 13.9. The fourth-order valence-electron chi connectivity index (χ4n) is 2.24. The Morgan fingerprint density at radius 1 is 1.04 bits per heavy atom. The molecule has 5 nitrogen and oxygen atoms in total. The van der Waals surface area contributed by atoms with E-state index >= 15 is 0 Å². The van der Waals surface area contributed by atoms with E-state index < -0.39 is 11.7 Å². The lowest BCUT2D eigenvalue weighted by Gasteiger charge is -2.13. The summed E-state index contributed by atoms with van der Waals surface area (Å²) in [6.07, 6.45) is -4.44. The summed E-state index contributed by atoms with van der Waals surface area (Å²) in [6.45, 7) is -0.117. The average molecular weight is 388 g/mol. The highest BCUT2D eigenvalue weighted by Crippen LogP contribution is 2.32. The zero-order valence-electron chi connectivity index (χ0n) is 12.4. The van der Waals surface area contributed by atoms with E-state index in [2.05, 4.69) is 20.8 Å². The van der Waals surface area contributed by atoms with E-state index in [9.17, 15) is 13.2 Å². The number of aromatic nitrogens is 4. The second-order valence-electron chi connectivity index (χ2n) is 5.00. The van der Waals surface area contributed by atoms with Crippen molar-refractivity contribution in [3.8, 4) is 5.69 Å². The van der Waals surface area contributed by atoms with Crippen LogP contribution in [0.3, 0.4) is 0 Å². The van der Waals surface area contributed by atoms with Crippen molar-refractivity contribution in [2.75, 3.05) is 5.32 Å². The fourth-order valence-corrected chi connectivity index (χ4v) is 2.62. The third-order valence-corrected chi connectivity index (χ3v) is 4.20. The number of rotatable bonds is 4. The molecule has 0 aliphatic carbocycles. The number of tetrazole rings is 1. The Hall–Kier alpha value is -2.32. The SMILES string of the molecule is FC(F)(F)c1ccccc1CNc1nnnn1-c1cccc(Cl)c1Cl. The van der Waals surface area contributed by atoms with Gasteiger partial charge in [0.2, 0.25) is 5.95 Å². The van der Waals surface area contributed by atoms with Crippen LogP contribution >= 0.6 is 23.2 Å². The van der Waals surface area contributed by atoms with Crippen LogP contribution in [0.15, 0.2) is 42.5 Å². The normalized spacial score (nSPS) is 11.6. The van der Waals surface area contributed by atoms with Crippen LogP contribution in [0.4, 0.5) is 19.1 Å². The maximum atomic E-state index is 13.1. The van der Waals surface area contributed by atoms with Crippen molar-refractivity contribution >= 4 is 29.2 Å². The van der Waals surface area contributed by atoms with Gasteiger partial charge < -0.3 is 5.32 Å². The molecule has 0 atom stereocenters. The summed E-state index contributed by atoms with van der Waals surface area (Å²) in [7, 11) is 0. The van der Waals surface area contributed by atoms with E-state index in [0.717, 1.165) is 6.07 Å². The monoisotopic (exact) mass is 387 g/mol. The molecule has 1 aromatic heterocycles. The molecule has 0 aliphatic heterocycles. The minimum Gasteiger partial charge on any atom is -0.349 e. The van der Waals surface area contributed by atoms with Gasteiger partial charge in [-0.05, 0) is 34.2 Å². The molecule has 3 rings (SSSR count). The first-order chi connectivity index (χ1) is 11.9. The molecule has 0 aliphatic rings. The summed E-state index contributed by atoms with van der Waals surface area (Å²) >= 11 is 12.1. The summed E-state index contributed by atoms with van der Waals surface area (Å²) in [5, 5.41) is 14.4. The van der Waals surface area contributed by atoms with Crippen molar-refractivity contribution in [2.24, 2.45) is 0 Å².